The second-order valence-electron chi connectivity index (χ2n) is 7.54. The molecule has 2 aliphatic rings. The van der Waals surface area contributed by atoms with Crippen molar-refractivity contribution in [3.05, 3.63) is 107 Å². The largest absolute Gasteiger partial charge is 0.342 e. The molecular formula is C25H19FN4O2. The Balaban J connectivity index is 1.57. The Kier molecular flexibility index (Phi) is 4.99. The van der Waals surface area contributed by atoms with E-state index in [1.54, 1.807) is 24.4 Å². The van der Waals surface area contributed by atoms with E-state index in [9.17, 15) is 14.0 Å². The van der Waals surface area contributed by atoms with E-state index in [4.69, 9.17) is 0 Å². The van der Waals surface area contributed by atoms with E-state index in [1.165, 1.54) is 12.1 Å². The highest BCUT2D eigenvalue weighted by Gasteiger charge is 2.21. The summed E-state index contributed by atoms with van der Waals surface area (Å²) in [6.45, 7) is 0.274. The second kappa shape index (κ2) is 8.11. The second-order valence-corrected chi connectivity index (χ2v) is 7.54. The number of hydrogen-bond acceptors (Lipinski definition) is 3. The van der Waals surface area contributed by atoms with E-state index in [2.05, 4.69) is 10.4 Å². The number of pyridine rings is 1. The average molecular weight is 426 g/mol. The van der Waals surface area contributed by atoms with Gasteiger partial charge in [0.1, 0.15) is 18.1 Å². The van der Waals surface area contributed by atoms with Crippen molar-refractivity contribution in [1.29, 1.82) is 0 Å². The van der Waals surface area contributed by atoms with Crippen molar-refractivity contribution in [2.24, 2.45) is 0 Å². The van der Waals surface area contributed by atoms with Gasteiger partial charge in [0.25, 0.3) is 5.56 Å². The highest BCUT2D eigenvalue weighted by Crippen LogP contribution is 2.28. The van der Waals surface area contributed by atoms with Gasteiger partial charge in [0, 0.05) is 23.8 Å². The molecule has 0 fully saturated rings. The van der Waals surface area contributed by atoms with Gasteiger partial charge in [-0.2, -0.15) is 5.10 Å². The Morgan fingerprint density at radius 1 is 0.969 bits per heavy atom. The molecule has 1 N–H and O–H groups in total. The Bertz CT molecular complexity index is 1440. The summed E-state index contributed by atoms with van der Waals surface area (Å²) in [4.78, 5) is 25.5. The minimum absolute atomic E-state index is 0.238. The number of carbonyl (C=O) groups is 1. The summed E-state index contributed by atoms with van der Waals surface area (Å²) in [5.74, 6) is -0.783. The number of aromatic nitrogens is 3. The molecule has 3 aromatic rings. The lowest BCUT2D eigenvalue weighted by Gasteiger charge is -2.14. The summed E-state index contributed by atoms with van der Waals surface area (Å²) in [7, 11) is 0. The summed E-state index contributed by atoms with van der Waals surface area (Å²) in [6, 6.07) is 23.2. The van der Waals surface area contributed by atoms with Gasteiger partial charge in [-0.1, -0.05) is 48.5 Å². The van der Waals surface area contributed by atoms with Crippen molar-refractivity contribution in [3.63, 3.8) is 0 Å². The number of benzene rings is 3. The zero-order valence-corrected chi connectivity index (χ0v) is 17.0. The Labute approximate surface area is 182 Å². The van der Waals surface area contributed by atoms with E-state index in [0.29, 0.717) is 28.9 Å². The van der Waals surface area contributed by atoms with Crippen LogP contribution in [0, 0.1) is 5.82 Å². The van der Waals surface area contributed by atoms with E-state index in [-0.39, 0.29) is 12.5 Å². The molecule has 0 radical (unpaired) electrons. The number of halogens is 1. The van der Waals surface area contributed by atoms with Crippen LogP contribution in [-0.4, -0.2) is 20.3 Å². The summed E-state index contributed by atoms with van der Waals surface area (Å²) in [6.07, 6.45) is 1.73. The number of anilines is 1. The predicted octanol–water partition coefficient (Wildman–Crippen LogP) is 4.13. The topological polar surface area (TPSA) is 68.9 Å². The molecule has 0 aromatic heterocycles. The average Bonchev–Trinajstić information content (AvgIpc) is 3.10. The summed E-state index contributed by atoms with van der Waals surface area (Å²) < 4.78 is 17.1. The molecular weight excluding hydrogens is 407 g/mol. The van der Waals surface area contributed by atoms with Crippen LogP contribution in [0.3, 0.4) is 0 Å². The van der Waals surface area contributed by atoms with Crippen molar-refractivity contribution in [3.8, 4) is 11.3 Å². The summed E-state index contributed by atoms with van der Waals surface area (Å²) in [5.41, 5.74) is 2.75. The van der Waals surface area contributed by atoms with Gasteiger partial charge in [0.2, 0.25) is 5.91 Å². The molecule has 158 valence electrons. The lowest BCUT2D eigenvalue weighted by atomic mass is 10.1. The number of nitrogens with one attached hydrogen (secondary N) is 1. The van der Waals surface area contributed by atoms with Crippen LogP contribution in [0.5, 0.6) is 0 Å². The van der Waals surface area contributed by atoms with E-state index in [0.717, 1.165) is 15.8 Å². The molecule has 0 spiro atoms. The number of fused-ring (bicyclic) bond motifs is 3. The first kappa shape index (κ1) is 19.7. The predicted molar refractivity (Wildman–Crippen MR) is 121 cm³/mol. The molecule has 6 nitrogen and oxygen atoms in total. The third-order valence-electron chi connectivity index (χ3n) is 5.30. The maximum Gasteiger partial charge on any atom is 0.278 e. The maximum atomic E-state index is 14.1. The smallest absolute Gasteiger partial charge is 0.278 e. The van der Waals surface area contributed by atoms with Crippen molar-refractivity contribution < 1.29 is 9.18 Å². The fourth-order valence-corrected chi connectivity index (χ4v) is 3.83. The minimum atomic E-state index is -0.417. The number of nitrogens with zero attached hydrogens (tertiary/aromatic N) is 3. The molecule has 5 rings (SSSR count). The molecule has 0 saturated heterocycles. The number of para-hydroxylation sites is 1. The van der Waals surface area contributed by atoms with Gasteiger partial charge in [-0.3, -0.25) is 9.59 Å². The lowest BCUT2D eigenvalue weighted by molar-refractivity contribution is -0.116. The SMILES string of the molecule is O=C(Cn1nc2c3cc(F)ccc3n(Cc3ccccc3)cc-2c1=O)Nc1ccccc1. The molecule has 0 saturated carbocycles. The minimum Gasteiger partial charge on any atom is -0.342 e. The quantitative estimate of drug-likeness (QED) is 0.460. The molecule has 1 amide bonds. The molecule has 0 unspecified atom stereocenters. The first-order chi connectivity index (χ1) is 15.6. The first-order valence-corrected chi connectivity index (χ1v) is 10.2. The van der Waals surface area contributed by atoms with Gasteiger partial charge in [-0.15, -0.1) is 0 Å². The maximum absolute atomic E-state index is 14.1. The normalized spacial score (nSPS) is 11.2. The highest BCUT2D eigenvalue weighted by molar-refractivity contribution is 5.94. The van der Waals surface area contributed by atoms with Gasteiger partial charge in [-0.25, -0.2) is 9.07 Å². The standard InChI is InChI=1S/C25H19FN4O2/c26-18-11-12-22-20(13-18)24-21(15-29(22)14-17-7-3-1-4-8-17)25(32)30(28-24)16-23(31)27-19-9-5-2-6-10-19/h1-13,15H,14,16H2,(H,27,31). The van der Waals surface area contributed by atoms with Crippen LogP contribution >= 0.6 is 0 Å². The van der Waals surface area contributed by atoms with Gasteiger partial charge in [0.05, 0.1) is 11.1 Å². The van der Waals surface area contributed by atoms with Crippen LogP contribution in [-0.2, 0) is 17.9 Å². The van der Waals surface area contributed by atoms with Crippen LogP contribution in [0.4, 0.5) is 10.1 Å². The summed E-state index contributed by atoms with van der Waals surface area (Å²) in [5, 5.41) is 7.65. The Hall–Kier alpha value is -4.26. The lowest BCUT2D eigenvalue weighted by Crippen LogP contribution is -2.26. The molecule has 2 aliphatic heterocycles. The molecule has 3 aromatic carbocycles. The Morgan fingerprint density at radius 2 is 1.69 bits per heavy atom. The zero-order chi connectivity index (χ0) is 22.1. The van der Waals surface area contributed by atoms with Crippen LogP contribution in [0.25, 0.3) is 22.2 Å². The first-order valence-electron chi connectivity index (χ1n) is 10.2. The van der Waals surface area contributed by atoms with E-state index >= 15 is 0 Å². The molecule has 0 bridgehead atoms. The van der Waals surface area contributed by atoms with Crippen molar-refractivity contribution in [1.82, 2.24) is 14.3 Å². The number of hydrogen-bond donors (Lipinski definition) is 1. The van der Waals surface area contributed by atoms with Crippen molar-refractivity contribution in [2.75, 3.05) is 5.32 Å². The molecule has 32 heavy (non-hydrogen) atoms. The fraction of sp³-hybridized carbons (Fsp3) is 0.0800. The third kappa shape index (κ3) is 3.76. The molecule has 0 aliphatic carbocycles. The third-order valence-corrected chi connectivity index (χ3v) is 5.30. The van der Waals surface area contributed by atoms with Crippen molar-refractivity contribution in [2.45, 2.75) is 13.1 Å². The summed E-state index contributed by atoms with van der Waals surface area (Å²) >= 11 is 0. The number of amides is 1. The van der Waals surface area contributed by atoms with Gasteiger partial charge < -0.3 is 9.88 Å². The Morgan fingerprint density at radius 3 is 2.44 bits per heavy atom. The van der Waals surface area contributed by atoms with Crippen molar-refractivity contribution >= 4 is 22.5 Å². The number of rotatable bonds is 5. The van der Waals surface area contributed by atoms with Gasteiger partial charge in [0.15, 0.2) is 0 Å². The fourth-order valence-electron chi connectivity index (χ4n) is 3.83. The zero-order valence-electron chi connectivity index (χ0n) is 17.0. The van der Waals surface area contributed by atoms with Gasteiger partial charge in [-0.05, 0) is 35.9 Å². The van der Waals surface area contributed by atoms with Crippen LogP contribution in [0.15, 0.2) is 89.9 Å². The molecule has 7 heteroatoms. The van der Waals surface area contributed by atoms with Crippen LogP contribution < -0.4 is 10.9 Å². The van der Waals surface area contributed by atoms with Crippen LogP contribution in [0.1, 0.15) is 5.56 Å². The van der Waals surface area contributed by atoms with E-state index in [1.807, 2.05) is 53.1 Å². The highest BCUT2D eigenvalue weighted by atomic mass is 19.1. The van der Waals surface area contributed by atoms with E-state index < -0.39 is 11.4 Å². The number of carbonyl (C=O) groups excluding carboxylic acids is 1. The monoisotopic (exact) mass is 426 g/mol. The van der Waals surface area contributed by atoms with Gasteiger partial charge >= 0.3 is 0 Å². The molecule has 0 atom stereocenters. The molecule has 2 heterocycles. The van der Waals surface area contributed by atoms with Crippen LogP contribution in [0.2, 0.25) is 0 Å².